The second kappa shape index (κ2) is 13.2. The fourth-order valence-corrected chi connectivity index (χ4v) is 4.10. The van der Waals surface area contributed by atoms with Gasteiger partial charge in [-0.2, -0.15) is 0 Å². The van der Waals surface area contributed by atoms with Crippen molar-refractivity contribution in [1.82, 2.24) is 5.32 Å². The van der Waals surface area contributed by atoms with E-state index in [1.807, 2.05) is 6.92 Å². The largest absolute Gasteiger partial charge is 0.493 e. The standard InChI is InChI=1S/C29H25Cl2N3O7/c1-3-11-40-24-10-8-19(15-25(24)39-2)34-28(37)21(27(36)33-29(34)38)13-17-5-4-6-20(12-17)41-16-26(35)32-18-7-9-22(30)23(31)14-18/h4-10,12-15H,3,11,16H2,1-2H3,(H,32,35)(H,33,36,38)/b21-13-. The topological polar surface area (TPSA) is 123 Å². The van der Waals surface area contributed by atoms with Gasteiger partial charge in [-0.25, -0.2) is 9.69 Å². The van der Waals surface area contributed by atoms with E-state index in [-0.39, 0.29) is 17.9 Å². The lowest BCUT2D eigenvalue weighted by molar-refractivity contribution is -0.122. The van der Waals surface area contributed by atoms with E-state index in [1.165, 1.54) is 31.4 Å². The van der Waals surface area contributed by atoms with Crippen LogP contribution in [0.5, 0.6) is 17.2 Å². The number of anilines is 2. The van der Waals surface area contributed by atoms with E-state index in [0.29, 0.717) is 45.2 Å². The lowest BCUT2D eigenvalue weighted by Crippen LogP contribution is -2.54. The van der Waals surface area contributed by atoms with Gasteiger partial charge < -0.3 is 19.5 Å². The highest BCUT2D eigenvalue weighted by molar-refractivity contribution is 6.42. The van der Waals surface area contributed by atoms with Gasteiger partial charge in [-0.05, 0) is 60.5 Å². The Labute approximate surface area is 245 Å². The van der Waals surface area contributed by atoms with Crippen LogP contribution < -0.4 is 29.7 Å². The van der Waals surface area contributed by atoms with Gasteiger partial charge in [0.25, 0.3) is 17.7 Å². The Morgan fingerprint density at radius 1 is 0.976 bits per heavy atom. The van der Waals surface area contributed by atoms with Gasteiger partial charge in [0.05, 0.1) is 29.4 Å². The van der Waals surface area contributed by atoms with Crippen molar-refractivity contribution >= 4 is 64.4 Å². The summed E-state index contributed by atoms with van der Waals surface area (Å²) in [5.74, 6) is -1.02. The van der Waals surface area contributed by atoms with E-state index in [2.05, 4.69) is 10.6 Å². The van der Waals surface area contributed by atoms with Crippen molar-refractivity contribution in [2.45, 2.75) is 13.3 Å². The Hall–Kier alpha value is -4.54. The summed E-state index contributed by atoms with van der Waals surface area (Å²) in [5, 5.41) is 5.49. The molecule has 0 radical (unpaired) electrons. The molecule has 0 aromatic heterocycles. The first-order chi connectivity index (χ1) is 19.7. The molecule has 0 aliphatic carbocycles. The van der Waals surface area contributed by atoms with Crippen molar-refractivity contribution in [2.24, 2.45) is 0 Å². The van der Waals surface area contributed by atoms with Crippen LogP contribution in [0.25, 0.3) is 6.08 Å². The predicted molar refractivity (Wildman–Crippen MR) is 155 cm³/mol. The maximum absolute atomic E-state index is 13.3. The van der Waals surface area contributed by atoms with Crippen LogP contribution in [0.15, 0.2) is 66.2 Å². The molecule has 1 aliphatic rings. The van der Waals surface area contributed by atoms with Gasteiger partial charge >= 0.3 is 6.03 Å². The number of nitrogens with one attached hydrogen (secondary N) is 2. The van der Waals surface area contributed by atoms with Gasteiger partial charge in [-0.3, -0.25) is 19.7 Å². The first-order valence-electron chi connectivity index (χ1n) is 12.4. The van der Waals surface area contributed by atoms with Gasteiger partial charge in [0.1, 0.15) is 11.3 Å². The fourth-order valence-electron chi connectivity index (χ4n) is 3.80. The maximum atomic E-state index is 13.3. The first-order valence-corrected chi connectivity index (χ1v) is 13.2. The van der Waals surface area contributed by atoms with E-state index >= 15 is 0 Å². The van der Waals surface area contributed by atoms with Crippen LogP contribution in [-0.2, 0) is 14.4 Å². The van der Waals surface area contributed by atoms with Crippen molar-refractivity contribution in [1.29, 1.82) is 0 Å². The molecule has 0 saturated carbocycles. The quantitative estimate of drug-likeness (QED) is 0.234. The van der Waals surface area contributed by atoms with Crippen LogP contribution in [0.3, 0.4) is 0 Å². The molecule has 1 aliphatic heterocycles. The number of methoxy groups -OCH3 is 1. The number of nitrogens with zero attached hydrogens (tertiary/aromatic N) is 1. The molecule has 3 aromatic carbocycles. The molecular weight excluding hydrogens is 573 g/mol. The molecule has 1 heterocycles. The lowest BCUT2D eigenvalue weighted by atomic mass is 10.1. The van der Waals surface area contributed by atoms with Crippen LogP contribution in [0.1, 0.15) is 18.9 Å². The third-order valence-corrected chi connectivity index (χ3v) is 6.45. The Morgan fingerprint density at radius 3 is 2.51 bits per heavy atom. The molecule has 4 rings (SSSR count). The van der Waals surface area contributed by atoms with E-state index in [0.717, 1.165) is 11.3 Å². The van der Waals surface area contributed by atoms with Gasteiger partial charge in [-0.15, -0.1) is 0 Å². The number of imide groups is 2. The van der Waals surface area contributed by atoms with E-state index < -0.39 is 23.8 Å². The Bertz CT molecular complexity index is 1540. The second-order valence-electron chi connectivity index (χ2n) is 8.68. The molecule has 12 heteroatoms. The number of amides is 5. The summed E-state index contributed by atoms with van der Waals surface area (Å²) in [6.45, 7) is 2.10. The van der Waals surface area contributed by atoms with Gasteiger partial charge in [0.2, 0.25) is 0 Å². The summed E-state index contributed by atoms with van der Waals surface area (Å²) < 4.78 is 16.6. The van der Waals surface area contributed by atoms with Gasteiger partial charge in [-0.1, -0.05) is 42.3 Å². The summed E-state index contributed by atoms with van der Waals surface area (Å²) >= 11 is 11.9. The third kappa shape index (κ3) is 7.16. The number of barbiturate groups is 1. The minimum absolute atomic E-state index is 0.191. The number of carbonyl (C=O) groups excluding carboxylic acids is 4. The summed E-state index contributed by atoms with van der Waals surface area (Å²) in [6.07, 6.45) is 2.11. The number of carbonyl (C=O) groups is 4. The Balaban J connectivity index is 1.49. The second-order valence-corrected chi connectivity index (χ2v) is 9.49. The Kier molecular flexibility index (Phi) is 9.49. The minimum atomic E-state index is -0.897. The fraction of sp³-hybridized carbons (Fsp3) is 0.172. The average Bonchev–Trinajstić information content (AvgIpc) is 2.95. The normalized spacial score (nSPS) is 14.1. The zero-order chi connectivity index (χ0) is 29.5. The van der Waals surface area contributed by atoms with E-state index in [4.69, 9.17) is 37.4 Å². The van der Waals surface area contributed by atoms with Crippen LogP contribution >= 0.6 is 23.2 Å². The van der Waals surface area contributed by atoms with Crippen LogP contribution in [0, 0.1) is 0 Å². The molecule has 0 atom stereocenters. The molecular formula is C29H25Cl2N3O7. The van der Waals surface area contributed by atoms with E-state index in [1.54, 1.807) is 42.5 Å². The molecule has 2 N–H and O–H groups in total. The molecule has 1 fully saturated rings. The highest BCUT2D eigenvalue weighted by Crippen LogP contribution is 2.33. The third-order valence-electron chi connectivity index (χ3n) is 5.71. The van der Waals surface area contributed by atoms with Gasteiger partial charge in [0, 0.05) is 11.8 Å². The molecule has 10 nitrogen and oxygen atoms in total. The number of rotatable bonds is 10. The van der Waals surface area contributed by atoms with Crippen LogP contribution in [0.2, 0.25) is 10.0 Å². The monoisotopic (exact) mass is 597 g/mol. The SMILES string of the molecule is CCCOc1ccc(N2C(=O)NC(=O)/C(=C/c3cccc(OCC(=O)Nc4ccc(Cl)c(Cl)c4)c3)C2=O)cc1OC. The number of urea groups is 1. The summed E-state index contributed by atoms with van der Waals surface area (Å²) in [7, 11) is 1.44. The molecule has 212 valence electrons. The molecule has 0 bridgehead atoms. The zero-order valence-corrected chi connectivity index (χ0v) is 23.5. The number of halogens is 2. The molecule has 0 unspecified atom stereocenters. The smallest absolute Gasteiger partial charge is 0.335 e. The Morgan fingerprint density at radius 2 is 1.78 bits per heavy atom. The highest BCUT2D eigenvalue weighted by Gasteiger charge is 2.37. The predicted octanol–water partition coefficient (Wildman–Crippen LogP) is 5.47. The number of hydrogen-bond acceptors (Lipinski definition) is 7. The van der Waals surface area contributed by atoms with Crippen LogP contribution in [-0.4, -0.2) is 44.1 Å². The zero-order valence-electron chi connectivity index (χ0n) is 22.0. The van der Waals surface area contributed by atoms with Crippen molar-refractivity contribution in [2.75, 3.05) is 30.5 Å². The first kappa shape index (κ1) is 29.4. The number of ether oxygens (including phenoxy) is 3. The summed E-state index contributed by atoms with van der Waals surface area (Å²) in [6, 6.07) is 14.8. The number of benzene rings is 3. The minimum Gasteiger partial charge on any atom is -0.493 e. The molecule has 0 spiro atoms. The summed E-state index contributed by atoms with van der Waals surface area (Å²) in [5.41, 5.74) is 0.801. The molecule has 1 saturated heterocycles. The summed E-state index contributed by atoms with van der Waals surface area (Å²) in [4.78, 5) is 51.7. The lowest BCUT2D eigenvalue weighted by Gasteiger charge is -2.27. The maximum Gasteiger partial charge on any atom is 0.335 e. The molecule has 5 amide bonds. The van der Waals surface area contributed by atoms with Crippen molar-refractivity contribution in [3.05, 3.63) is 81.8 Å². The molecule has 41 heavy (non-hydrogen) atoms. The number of hydrogen-bond donors (Lipinski definition) is 2. The van der Waals surface area contributed by atoms with Crippen LogP contribution in [0.4, 0.5) is 16.2 Å². The molecule has 3 aromatic rings. The van der Waals surface area contributed by atoms with Crippen molar-refractivity contribution in [3.8, 4) is 17.2 Å². The van der Waals surface area contributed by atoms with Crippen molar-refractivity contribution in [3.63, 3.8) is 0 Å². The van der Waals surface area contributed by atoms with Crippen molar-refractivity contribution < 1.29 is 33.4 Å². The highest BCUT2D eigenvalue weighted by atomic mass is 35.5. The van der Waals surface area contributed by atoms with E-state index in [9.17, 15) is 19.2 Å². The van der Waals surface area contributed by atoms with Gasteiger partial charge in [0.15, 0.2) is 18.1 Å². The average molecular weight is 598 g/mol.